The second-order valence-electron chi connectivity index (χ2n) is 5.34. The lowest BCUT2D eigenvalue weighted by Crippen LogP contribution is -2.16. The summed E-state index contributed by atoms with van der Waals surface area (Å²) in [6.07, 6.45) is 4.47. The van der Waals surface area contributed by atoms with Crippen LogP contribution in [0.3, 0.4) is 0 Å². The van der Waals surface area contributed by atoms with E-state index in [1.807, 2.05) is 12.1 Å². The van der Waals surface area contributed by atoms with Crippen LogP contribution in [0.2, 0.25) is 5.02 Å². The van der Waals surface area contributed by atoms with Gasteiger partial charge in [0.2, 0.25) is 0 Å². The summed E-state index contributed by atoms with van der Waals surface area (Å²) in [6.45, 7) is 0. The topological polar surface area (TPSA) is 55.1 Å². The van der Waals surface area contributed by atoms with Gasteiger partial charge in [0.15, 0.2) is 0 Å². The van der Waals surface area contributed by atoms with Gasteiger partial charge in [0.05, 0.1) is 10.6 Å². The highest BCUT2D eigenvalue weighted by Crippen LogP contribution is 2.29. The Morgan fingerprint density at radius 1 is 1.14 bits per heavy atom. The van der Waals surface area contributed by atoms with E-state index in [1.54, 1.807) is 18.2 Å². The Kier molecular flexibility index (Phi) is 3.84. The quantitative estimate of drug-likeness (QED) is 0.822. The summed E-state index contributed by atoms with van der Waals surface area (Å²) in [5.41, 5.74) is 10.1. The third-order valence-corrected chi connectivity index (χ3v) is 4.21. The summed E-state index contributed by atoms with van der Waals surface area (Å²) >= 11 is 6.08. The van der Waals surface area contributed by atoms with E-state index in [0.717, 1.165) is 18.5 Å². The summed E-state index contributed by atoms with van der Waals surface area (Å²) < 4.78 is 0. The van der Waals surface area contributed by atoms with Gasteiger partial charge in [0.1, 0.15) is 0 Å². The molecule has 3 nitrogen and oxygen atoms in total. The minimum atomic E-state index is -0.216. The van der Waals surface area contributed by atoms with E-state index in [1.165, 1.54) is 24.0 Å². The van der Waals surface area contributed by atoms with Crippen LogP contribution in [0.15, 0.2) is 36.4 Å². The van der Waals surface area contributed by atoms with E-state index < -0.39 is 0 Å². The lowest BCUT2D eigenvalue weighted by Gasteiger charge is -2.19. The van der Waals surface area contributed by atoms with Crippen molar-refractivity contribution in [2.75, 3.05) is 11.1 Å². The van der Waals surface area contributed by atoms with Crippen LogP contribution in [0.25, 0.3) is 0 Å². The molecule has 0 bridgehead atoms. The number of rotatable bonds is 2. The van der Waals surface area contributed by atoms with Gasteiger partial charge in [-0.05, 0) is 61.1 Å². The molecule has 2 aromatic rings. The third kappa shape index (κ3) is 2.88. The molecular formula is C17H17ClN2O. The molecule has 0 atom stereocenters. The van der Waals surface area contributed by atoms with Crippen molar-refractivity contribution < 1.29 is 4.79 Å². The molecule has 0 spiro atoms. The van der Waals surface area contributed by atoms with Crippen molar-refractivity contribution in [2.45, 2.75) is 25.7 Å². The minimum Gasteiger partial charge on any atom is -0.399 e. The Labute approximate surface area is 129 Å². The third-order valence-electron chi connectivity index (χ3n) is 3.88. The lowest BCUT2D eigenvalue weighted by molar-refractivity contribution is 0.102. The highest BCUT2D eigenvalue weighted by Gasteiger charge is 2.16. The zero-order valence-electron chi connectivity index (χ0n) is 11.7. The van der Waals surface area contributed by atoms with E-state index in [0.29, 0.717) is 16.3 Å². The van der Waals surface area contributed by atoms with Crippen molar-refractivity contribution in [3.8, 4) is 0 Å². The summed E-state index contributed by atoms with van der Waals surface area (Å²) in [6, 6.07) is 11.0. The van der Waals surface area contributed by atoms with Crippen LogP contribution in [0, 0.1) is 0 Å². The number of amides is 1. The van der Waals surface area contributed by atoms with Crippen LogP contribution in [0.1, 0.15) is 34.3 Å². The number of nitrogens with two attached hydrogens (primary N) is 1. The number of anilines is 2. The Morgan fingerprint density at radius 3 is 2.81 bits per heavy atom. The Balaban J connectivity index is 1.90. The molecule has 0 saturated heterocycles. The van der Waals surface area contributed by atoms with Crippen LogP contribution in [-0.4, -0.2) is 5.91 Å². The van der Waals surface area contributed by atoms with Crippen LogP contribution in [0.4, 0.5) is 11.4 Å². The molecule has 1 amide bonds. The van der Waals surface area contributed by atoms with Gasteiger partial charge in [-0.1, -0.05) is 23.7 Å². The van der Waals surface area contributed by atoms with Gasteiger partial charge >= 0.3 is 0 Å². The normalized spacial score (nSPS) is 13.6. The van der Waals surface area contributed by atoms with Crippen molar-refractivity contribution in [1.82, 2.24) is 0 Å². The molecule has 0 unspecified atom stereocenters. The first-order chi connectivity index (χ1) is 10.1. The molecule has 21 heavy (non-hydrogen) atoms. The summed E-state index contributed by atoms with van der Waals surface area (Å²) in [4.78, 5) is 12.4. The fourth-order valence-electron chi connectivity index (χ4n) is 2.80. The van der Waals surface area contributed by atoms with Gasteiger partial charge in [-0.25, -0.2) is 0 Å². The molecular weight excluding hydrogens is 284 g/mol. The maximum absolute atomic E-state index is 12.4. The van der Waals surface area contributed by atoms with Crippen LogP contribution >= 0.6 is 11.6 Å². The highest BCUT2D eigenvalue weighted by molar-refractivity contribution is 6.34. The van der Waals surface area contributed by atoms with E-state index in [-0.39, 0.29) is 5.91 Å². The first-order valence-corrected chi connectivity index (χ1v) is 7.50. The number of hydrogen-bond acceptors (Lipinski definition) is 2. The second-order valence-corrected chi connectivity index (χ2v) is 5.75. The Morgan fingerprint density at radius 2 is 1.95 bits per heavy atom. The Hall–Kier alpha value is -2.00. The van der Waals surface area contributed by atoms with Crippen LogP contribution in [-0.2, 0) is 12.8 Å². The number of fused-ring (bicyclic) bond motifs is 1. The predicted octanol–water partition coefficient (Wildman–Crippen LogP) is 4.05. The molecule has 0 aliphatic heterocycles. The molecule has 4 heteroatoms. The van der Waals surface area contributed by atoms with Crippen molar-refractivity contribution in [1.29, 1.82) is 0 Å². The molecule has 1 aliphatic carbocycles. The number of benzene rings is 2. The van der Waals surface area contributed by atoms with Crippen LogP contribution < -0.4 is 11.1 Å². The van der Waals surface area contributed by atoms with Crippen LogP contribution in [0.5, 0.6) is 0 Å². The van der Waals surface area contributed by atoms with Gasteiger partial charge in [-0.3, -0.25) is 4.79 Å². The number of carbonyl (C=O) groups is 1. The molecule has 2 aromatic carbocycles. The van der Waals surface area contributed by atoms with Gasteiger partial charge in [-0.15, -0.1) is 0 Å². The second kappa shape index (κ2) is 5.78. The maximum atomic E-state index is 12.4. The highest BCUT2D eigenvalue weighted by atomic mass is 35.5. The molecule has 3 N–H and O–H groups in total. The van der Waals surface area contributed by atoms with Crippen molar-refractivity contribution >= 4 is 28.9 Å². The lowest BCUT2D eigenvalue weighted by atomic mass is 9.90. The molecule has 0 saturated carbocycles. The molecule has 0 heterocycles. The number of carbonyl (C=O) groups excluding carboxylic acids is 1. The van der Waals surface area contributed by atoms with Gasteiger partial charge < -0.3 is 11.1 Å². The summed E-state index contributed by atoms with van der Waals surface area (Å²) in [5.74, 6) is -0.216. The minimum absolute atomic E-state index is 0.216. The average molecular weight is 301 g/mol. The fourth-order valence-corrected chi connectivity index (χ4v) is 3.01. The van der Waals surface area contributed by atoms with Gasteiger partial charge in [0.25, 0.3) is 5.91 Å². The molecule has 0 aromatic heterocycles. The number of nitrogen functional groups attached to an aromatic ring is 1. The van der Waals surface area contributed by atoms with Gasteiger partial charge in [0, 0.05) is 11.4 Å². The molecule has 0 fully saturated rings. The average Bonchev–Trinajstić information content (AvgIpc) is 2.50. The fraction of sp³-hybridized carbons (Fsp3) is 0.235. The Bertz CT molecular complexity index is 697. The first-order valence-electron chi connectivity index (χ1n) is 7.12. The zero-order chi connectivity index (χ0) is 14.8. The van der Waals surface area contributed by atoms with Crippen molar-refractivity contribution in [3.05, 3.63) is 58.1 Å². The smallest absolute Gasteiger partial charge is 0.257 e. The summed E-state index contributed by atoms with van der Waals surface area (Å²) in [5, 5.41) is 3.38. The molecule has 3 rings (SSSR count). The van der Waals surface area contributed by atoms with Gasteiger partial charge in [-0.2, -0.15) is 0 Å². The largest absolute Gasteiger partial charge is 0.399 e. The van der Waals surface area contributed by atoms with E-state index in [4.69, 9.17) is 17.3 Å². The number of nitrogens with one attached hydrogen (secondary N) is 1. The monoisotopic (exact) mass is 300 g/mol. The number of aryl methyl sites for hydroxylation is 1. The zero-order valence-corrected chi connectivity index (χ0v) is 12.4. The maximum Gasteiger partial charge on any atom is 0.257 e. The molecule has 0 radical (unpaired) electrons. The van der Waals surface area contributed by atoms with E-state index >= 15 is 0 Å². The van der Waals surface area contributed by atoms with E-state index in [9.17, 15) is 4.79 Å². The first kappa shape index (κ1) is 14.0. The van der Waals surface area contributed by atoms with Crippen molar-refractivity contribution in [3.63, 3.8) is 0 Å². The van der Waals surface area contributed by atoms with Crippen molar-refractivity contribution in [2.24, 2.45) is 0 Å². The molecule has 1 aliphatic rings. The number of halogens is 1. The number of hydrogen-bond donors (Lipinski definition) is 2. The van der Waals surface area contributed by atoms with E-state index in [2.05, 4.69) is 11.4 Å². The SMILES string of the molecule is Nc1ccc(Cl)c(C(=O)Nc2cccc3c2CCCC3)c1. The summed E-state index contributed by atoms with van der Waals surface area (Å²) in [7, 11) is 0. The standard InChI is InChI=1S/C17H17ClN2O/c18-15-9-8-12(19)10-14(15)17(21)20-16-7-3-5-11-4-1-2-6-13(11)16/h3,5,7-10H,1-2,4,6,19H2,(H,20,21). The molecule has 108 valence electrons. The predicted molar refractivity (Wildman–Crippen MR) is 86.9 cm³/mol.